The minimum absolute atomic E-state index is 0.162. The molecule has 2 aliphatic rings. The maximum atomic E-state index is 13.2. The number of thiazole rings is 1. The number of carbonyl (C=O) groups is 1. The zero-order chi connectivity index (χ0) is 23.3. The molecule has 5 heterocycles. The molecule has 34 heavy (non-hydrogen) atoms. The van der Waals surface area contributed by atoms with Crippen molar-refractivity contribution >= 4 is 49.1 Å². The molecule has 0 fully saturated rings. The van der Waals surface area contributed by atoms with E-state index in [9.17, 15) is 13.2 Å². The van der Waals surface area contributed by atoms with E-state index in [-0.39, 0.29) is 23.9 Å². The third-order valence-corrected chi connectivity index (χ3v) is 8.53. The average Bonchev–Trinajstić information content (AvgIpc) is 3.61. The van der Waals surface area contributed by atoms with Gasteiger partial charge in [0, 0.05) is 43.1 Å². The minimum atomic E-state index is -3.64. The van der Waals surface area contributed by atoms with Gasteiger partial charge in [-0.3, -0.25) is 9.78 Å². The predicted molar refractivity (Wildman–Crippen MR) is 128 cm³/mol. The van der Waals surface area contributed by atoms with Crippen molar-refractivity contribution < 1.29 is 17.6 Å². The molecule has 0 aliphatic carbocycles. The number of amides is 1. The van der Waals surface area contributed by atoms with E-state index in [1.54, 1.807) is 53.2 Å². The molecule has 3 aromatic heterocycles. The van der Waals surface area contributed by atoms with E-state index < -0.39 is 10.0 Å². The van der Waals surface area contributed by atoms with Crippen molar-refractivity contribution in [3.63, 3.8) is 0 Å². The molecule has 0 spiro atoms. The number of pyridine rings is 1. The summed E-state index contributed by atoms with van der Waals surface area (Å²) in [4.78, 5) is 23.4. The first-order chi connectivity index (χ1) is 16.5. The maximum absolute atomic E-state index is 13.2. The van der Waals surface area contributed by atoms with E-state index in [2.05, 4.69) is 15.3 Å². The first kappa shape index (κ1) is 21.0. The topological polar surface area (TPSA) is 109 Å². The fourth-order valence-corrected chi connectivity index (χ4v) is 6.44. The second kappa shape index (κ2) is 8.05. The second-order valence-corrected chi connectivity index (χ2v) is 11.0. The molecule has 0 saturated heterocycles. The molecule has 4 aromatic rings. The highest BCUT2D eigenvalue weighted by molar-refractivity contribution is 7.89. The van der Waals surface area contributed by atoms with Crippen LogP contribution in [0.2, 0.25) is 0 Å². The number of carbonyl (C=O) groups excluding carboxylic acids is 1. The fourth-order valence-electron chi connectivity index (χ4n) is 4.26. The van der Waals surface area contributed by atoms with E-state index in [4.69, 9.17) is 4.42 Å². The molecule has 11 heteroatoms. The van der Waals surface area contributed by atoms with Crippen LogP contribution in [0.4, 0.5) is 10.8 Å². The van der Waals surface area contributed by atoms with Gasteiger partial charge in [0.25, 0.3) is 5.91 Å². The van der Waals surface area contributed by atoms with Gasteiger partial charge in [-0.05, 0) is 47.5 Å². The van der Waals surface area contributed by atoms with Crippen molar-refractivity contribution in [2.75, 3.05) is 31.5 Å². The molecule has 0 saturated carbocycles. The van der Waals surface area contributed by atoms with Crippen LogP contribution in [0.3, 0.4) is 0 Å². The van der Waals surface area contributed by atoms with Crippen LogP contribution in [0, 0.1) is 0 Å². The Morgan fingerprint density at radius 2 is 1.91 bits per heavy atom. The lowest BCUT2D eigenvalue weighted by Gasteiger charge is -2.22. The van der Waals surface area contributed by atoms with Crippen molar-refractivity contribution in [2.45, 2.75) is 4.90 Å². The van der Waals surface area contributed by atoms with Crippen LogP contribution in [0.5, 0.6) is 0 Å². The van der Waals surface area contributed by atoms with Gasteiger partial charge < -0.3 is 14.6 Å². The van der Waals surface area contributed by atoms with E-state index in [0.29, 0.717) is 29.5 Å². The Hall–Kier alpha value is -3.54. The van der Waals surface area contributed by atoms with E-state index in [1.165, 1.54) is 15.6 Å². The summed E-state index contributed by atoms with van der Waals surface area (Å²) in [6.07, 6.45) is 4.91. The molecule has 172 valence electrons. The number of hydrogen-bond acceptors (Lipinski definition) is 8. The van der Waals surface area contributed by atoms with Crippen LogP contribution in [-0.2, 0) is 10.0 Å². The number of benzene rings is 1. The Morgan fingerprint density at radius 1 is 1.09 bits per heavy atom. The van der Waals surface area contributed by atoms with Crippen LogP contribution in [-0.4, -0.2) is 59.7 Å². The normalized spacial score (nSPS) is 16.4. The van der Waals surface area contributed by atoms with Crippen molar-refractivity contribution in [1.29, 1.82) is 0 Å². The maximum Gasteiger partial charge on any atom is 0.273 e. The number of nitrogens with one attached hydrogen (secondary N) is 1. The molecule has 1 amide bonds. The summed E-state index contributed by atoms with van der Waals surface area (Å²) in [6, 6.07) is 10.3. The van der Waals surface area contributed by atoms with Gasteiger partial charge in [0.15, 0.2) is 5.13 Å². The number of hydrogen-bond donors (Lipinski definition) is 1. The van der Waals surface area contributed by atoms with Crippen molar-refractivity contribution in [3.8, 4) is 0 Å². The Balaban J connectivity index is 1.11. The Labute approximate surface area is 199 Å². The molecular weight excluding hydrogens is 474 g/mol. The van der Waals surface area contributed by atoms with E-state index >= 15 is 0 Å². The summed E-state index contributed by atoms with van der Waals surface area (Å²) in [7, 11) is -3.64. The van der Waals surface area contributed by atoms with Crippen LogP contribution in [0.15, 0.2) is 80.9 Å². The highest BCUT2D eigenvalue weighted by Crippen LogP contribution is 2.32. The van der Waals surface area contributed by atoms with Crippen LogP contribution in [0.1, 0.15) is 10.5 Å². The average molecular weight is 494 g/mol. The van der Waals surface area contributed by atoms with Crippen molar-refractivity contribution in [1.82, 2.24) is 19.2 Å². The molecule has 9 nitrogen and oxygen atoms in total. The van der Waals surface area contributed by atoms with Crippen LogP contribution >= 0.6 is 11.3 Å². The number of furan rings is 1. The number of nitrogens with zero attached hydrogens (tertiary/aromatic N) is 4. The molecule has 1 N–H and O–H groups in total. The Kier molecular flexibility index (Phi) is 4.97. The van der Waals surface area contributed by atoms with Gasteiger partial charge in [-0.25, -0.2) is 13.4 Å². The molecule has 0 bridgehead atoms. The smallest absolute Gasteiger partial charge is 0.273 e. The first-order valence-electron chi connectivity index (χ1n) is 10.6. The molecule has 0 radical (unpaired) electrons. The molecule has 2 aliphatic heterocycles. The molecular formula is C23H19N5O4S2. The van der Waals surface area contributed by atoms with Gasteiger partial charge in [0.2, 0.25) is 10.0 Å². The van der Waals surface area contributed by atoms with Gasteiger partial charge in [0.05, 0.1) is 23.0 Å². The summed E-state index contributed by atoms with van der Waals surface area (Å²) in [5, 5.41) is 6.23. The molecule has 0 unspecified atom stereocenters. The van der Waals surface area contributed by atoms with Crippen molar-refractivity contribution in [3.05, 3.63) is 77.3 Å². The first-order valence-corrected chi connectivity index (χ1v) is 12.9. The zero-order valence-corrected chi connectivity index (χ0v) is 19.5. The second-order valence-electron chi connectivity index (χ2n) is 8.17. The molecule has 0 atom stereocenters. The van der Waals surface area contributed by atoms with Gasteiger partial charge in [-0.2, -0.15) is 4.31 Å². The number of aromatic nitrogens is 2. The highest BCUT2D eigenvalue weighted by Gasteiger charge is 2.38. The van der Waals surface area contributed by atoms with Crippen LogP contribution in [0.25, 0.3) is 11.0 Å². The van der Waals surface area contributed by atoms with Gasteiger partial charge in [-0.15, -0.1) is 11.3 Å². The summed E-state index contributed by atoms with van der Waals surface area (Å²) < 4.78 is 33.2. The van der Waals surface area contributed by atoms with E-state index in [0.717, 1.165) is 22.2 Å². The number of rotatable bonds is 5. The van der Waals surface area contributed by atoms with Gasteiger partial charge in [-0.1, -0.05) is 0 Å². The van der Waals surface area contributed by atoms with Crippen LogP contribution < -0.4 is 5.32 Å². The Bertz CT molecular complexity index is 1520. The number of fused-ring (bicyclic) bond motifs is 1. The standard InChI is InChI=1S/C23H19N5O4S2/c29-22(20-14-33-23(26-20)25-18-2-1-6-24-9-18)27-10-16-12-28(13-17(16)11-27)34(30,31)19-3-4-21-15(8-19)5-7-32-21/h1-9,14H,10-13H2,(H,25,26). The number of sulfonamides is 1. The van der Waals surface area contributed by atoms with E-state index in [1.807, 2.05) is 12.1 Å². The minimum Gasteiger partial charge on any atom is -0.464 e. The molecule has 1 aromatic carbocycles. The Morgan fingerprint density at radius 3 is 2.68 bits per heavy atom. The lowest BCUT2D eigenvalue weighted by atomic mass is 10.2. The zero-order valence-electron chi connectivity index (χ0n) is 17.8. The monoisotopic (exact) mass is 493 g/mol. The highest BCUT2D eigenvalue weighted by atomic mass is 32.2. The summed E-state index contributed by atoms with van der Waals surface area (Å²) >= 11 is 1.35. The lowest BCUT2D eigenvalue weighted by Crippen LogP contribution is -2.36. The molecule has 6 rings (SSSR count). The van der Waals surface area contributed by atoms with Gasteiger partial charge >= 0.3 is 0 Å². The fraction of sp³-hybridized carbons (Fsp3) is 0.174. The summed E-state index contributed by atoms with van der Waals surface area (Å²) in [5.74, 6) is -0.162. The lowest BCUT2D eigenvalue weighted by molar-refractivity contribution is 0.0788. The van der Waals surface area contributed by atoms with Gasteiger partial charge in [0.1, 0.15) is 11.3 Å². The third-order valence-electron chi connectivity index (χ3n) is 5.98. The quantitative estimate of drug-likeness (QED) is 0.424. The SMILES string of the molecule is O=C(c1csc(Nc2cccnc2)n1)N1CC2=C(C1)CN(S(=O)(=O)c1ccc3occc3c1)C2. The summed E-state index contributed by atoms with van der Waals surface area (Å²) in [5.41, 5.74) is 3.77. The van der Waals surface area contributed by atoms with Crippen molar-refractivity contribution in [2.24, 2.45) is 0 Å². The largest absolute Gasteiger partial charge is 0.464 e. The number of anilines is 2. The third kappa shape index (κ3) is 3.67. The summed E-state index contributed by atoms with van der Waals surface area (Å²) in [6.45, 7) is 1.39. The predicted octanol–water partition coefficient (Wildman–Crippen LogP) is 3.48.